The van der Waals surface area contributed by atoms with Crippen molar-refractivity contribution in [2.45, 2.75) is 6.54 Å². The van der Waals surface area contributed by atoms with Gasteiger partial charge < -0.3 is 4.57 Å². The summed E-state index contributed by atoms with van der Waals surface area (Å²) in [6.07, 6.45) is 3.18. The van der Waals surface area contributed by atoms with Crippen molar-refractivity contribution < 1.29 is 14.0 Å². The molecule has 0 aliphatic heterocycles. The highest BCUT2D eigenvalue weighted by atomic mass is 35.5. The van der Waals surface area contributed by atoms with Crippen molar-refractivity contribution in [1.82, 2.24) is 9.55 Å². The van der Waals surface area contributed by atoms with Crippen molar-refractivity contribution in [3.05, 3.63) is 99.5 Å². The van der Waals surface area contributed by atoms with E-state index in [0.717, 1.165) is 5.56 Å². The maximum absolute atomic E-state index is 13.2. The summed E-state index contributed by atoms with van der Waals surface area (Å²) >= 11 is 12.2. The van der Waals surface area contributed by atoms with Crippen LogP contribution in [0.4, 0.5) is 4.39 Å². The highest BCUT2D eigenvalue weighted by Gasteiger charge is 2.26. The molecule has 0 bridgehead atoms. The molecule has 7 heteroatoms. The second-order valence-corrected chi connectivity index (χ2v) is 7.24. The highest BCUT2D eigenvalue weighted by Crippen LogP contribution is 2.28. The van der Waals surface area contributed by atoms with Crippen molar-refractivity contribution in [1.29, 1.82) is 0 Å². The summed E-state index contributed by atoms with van der Waals surface area (Å²) in [5, 5.41) is 0.768. The summed E-state index contributed by atoms with van der Waals surface area (Å²) in [6, 6.07) is 14.1. The lowest BCUT2D eigenvalue weighted by molar-refractivity contribution is 0.0818. The summed E-state index contributed by atoms with van der Waals surface area (Å²) in [5.41, 5.74) is 1.55. The summed E-state index contributed by atoms with van der Waals surface area (Å²) in [5.74, 6) is -1.84. The lowest BCUT2D eigenvalue weighted by Gasteiger charge is -2.05. The Kier molecular flexibility index (Phi) is 5.18. The van der Waals surface area contributed by atoms with Crippen molar-refractivity contribution in [3.63, 3.8) is 0 Å². The van der Waals surface area contributed by atoms with Crippen LogP contribution >= 0.6 is 23.2 Å². The molecule has 2 aromatic carbocycles. The number of carbonyl (C=O) groups is 2. The van der Waals surface area contributed by atoms with E-state index in [1.54, 1.807) is 47.3 Å². The van der Waals surface area contributed by atoms with E-state index in [0.29, 0.717) is 17.6 Å². The average Bonchev–Trinajstić information content (AvgIpc) is 3.07. The van der Waals surface area contributed by atoms with Gasteiger partial charge in [-0.25, -0.2) is 9.37 Å². The van der Waals surface area contributed by atoms with Crippen LogP contribution in [0.25, 0.3) is 11.0 Å². The predicted molar refractivity (Wildman–Crippen MR) is 110 cm³/mol. The van der Waals surface area contributed by atoms with E-state index in [4.69, 9.17) is 23.2 Å². The predicted octanol–water partition coefficient (Wildman–Crippen LogP) is 5.60. The number of carbonyl (C=O) groups excluding carboxylic acids is 2. The molecule has 0 saturated carbocycles. The molecule has 29 heavy (non-hydrogen) atoms. The van der Waals surface area contributed by atoms with Gasteiger partial charge in [0, 0.05) is 24.3 Å². The van der Waals surface area contributed by atoms with Crippen molar-refractivity contribution in [3.8, 4) is 0 Å². The minimum atomic E-state index is -0.787. The molecule has 0 atom stereocenters. The smallest absolute Gasteiger partial charge is 0.236 e. The van der Waals surface area contributed by atoms with Crippen LogP contribution in [-0.2, 0) is 6.54 Å². The van der Waals surface area contributed by atoms with E-state index in [-0.39, 0.29) is 27.0 Å². The molecule has 0 saturated heterocycles. The first-order chi connectivity index (χ1) is 14.0. The van der Waals surface area contributed by atoms with Crippen LogP contribution < -0.4 is 0 Å². The molecular formula is C22H13Cl2FN2O2. The second kappa shape index (κ2) is 7.78. The molecule has 0 unspecified atom stereocenters. The van der Waals surface area contributed by atoms with Crippen LogP contribution in [0.3, 0.4) is 0 Å². The van der Waals surface area contributed by atoms with Gasteiger partial charge in [0.2, 0.25) is 11.6 Å². The molecule has 2 heterocycles. The van der Waals surface area contributed by atoms with E-state index in [9.17, 15) is 14.0 Å². The van der Waals surface area contributed by atoms with Gasteiger partial charge in [-0.2, -0.15) is 0 Å². The molecule has 0 aliphatic rings. The topological polar surface area (TPSA) is 52.0 Å². The standard InChI is InChI=1S/C22H13Cl2FN2O2/c23-17-4-1-5-18(24)19(17)21(29)20(28)16-12-27(22-15(16)3-2-10-26-22)11-13-6-8-14(25)9-7-13/h1-10,12H,11H2. The Morgan fingerprint density at radius 1 is 0.931 bits per heavy atom. The van der Waals surface area contributed by atoms with Crippen LogP contribution in [0.2, 0.25) is 10.0 Å². The normalized spacial score (nSPS) is 11.0. The number of ketones is 2. The molecule has 0 radical (unpaired) electrons. The van der Waals surface area contributed by atoms with E-state index < -0.39 is 11.6 Å². The molecule has 0 fully saturated rings. The minimum absolute atomic E-state index is 0.0239. The fourth-order valence-corrected chi connectivity index (χ4v) is 3.73. The minimum Gasteiger partial charge on any atom is -0.327 e. The lowest BCUT2D eigenvalue weighted by atomic mass is 10.0. The maximum atomic E-state index is 13.2. The van der Waals surface area contributed by atoms with Gasteiger partial charge >= 0.3 is 0 Å². The first-order valence-corrected chi connectivity index (χ1v) is 9.42. The molecule has 4 aromatic rings. The Morgan fingerprint density at radius 2 is 1.62 bits per heavy atom. The van der Waals surface area contributed by atoms with Gasteiger partial charge in [-0.05, 0) is 42.0 Å². The van der Waals surface area contributed by atoms with Gasteiger partial charge in [0.25, 0.3) is 0 Å². The number of hydrogen-bond donors (Lipinski definition) is 0. The van der Waals surface area contributed by atoms with E-state index in [1.807, 2.05) is 0 Å². The van der Waals surface area contributed by atoms with Gasteiger partial charge in [0.1, 0.15) is 11.5 Å². The molecule has 0 spiro atoms. The fourth-order valence-electron chi connectivity index (χ4n) is 3.16. The molecule has 0 aliphatic carbocycles. The zero-order chi connectivity index (χ0) is 20.5. The number of nitrogens with zero attached hydrogens (tertiary/aromatic N) is 2. The third-order valence-electron chi connectivity index (χ3n) is 4.54. The zero-order valence-electron chi connectivity index (χ0n) is 14.9. The number of hydrogen-bond acceptors (Lipinski definition) is 3. The molecule has 0 N–H and O–H groups in total. The Balaban J connectivity index is 1.77. The number of aromatic nitrogens is 2. The number of benzene rings is 2. The van der Waals surface area contributed by atoms with E-state index in [1.165, 1.54) is 24.3 Å². The molecule has 4 rings (SSSR count). The second-order valence-electron chi connectivity index (χ2n) is 6.43. The highest BCUT2D eigenvalue weighted by molar-refractivity contribution is 6.55. The first kappa shape index (κ1) is 19.3. The Hall–Kier alpha value is -3.02. The quantitative estimate of drug-likeness (QED) is 0.308. The zero-order valence-corrected chi connectivity index (χ0v) is 16.4. The fraction of sp³-hybridized carbons (Fsp3) is 0.0455. The van der Waals surface area contributed by atoms with Gasteiger partial charge in [0.15, 0.2) is 0 Å². The van der Waals surface area contributed by atoms with E-state index >= 15 is 0 Å². The van der Waals surface area contributed by atoms with Gasteiger partial charge in [-0.3, -0.25) is 9.59 Å². The summed E-state index contributed by atoms with van der Waals surface area (Å²) in [4.78, 5) is 30.2. The number of pyridine rings is 1. The van der Waals surface area contributed by atoms with Crippen LogP contribution in [0, 0.1) is 5.82 Å². The summed E-state index contributed by atoms with van der Waals surface area (Å²) in [7, 11) is 0. The van der Waals surface area contributed by atoms with Crippen LogP contribution in [0.5, 0.6) is 0 Å². The molecule has 144 valence electrons. The number of rotatable bonds is 5. The van der Waals surface area contributed by atoms with Gasteiger partial charge in [-0.1, -0.05) is 41.4 Å². The SMILES string of the molecule is O=C(C(=O)c1cn(Cc2ccc(F)cc2)c2ncccc12)c1c(Cl)cccc1Cl. The average molecular weight is 427 g/mol. The third kappa shape index (κ3) is 3.67. The van der Waals surface area contributed by atoms with Gasteiger partial charge in [-0.15, -0.1) is 0 Å². The van der Waals surface area contributed by atoms with Crippen molar-refractivity contribution in [2.75, 3.05) is 0 Å². The maximum Gasteiger partial charge on any atom is 0.236 e. The van der Waals surface area contributed by atoms with Gasteiger partial charge in [0.05, 0.1) is 21.2 Å². The van der Waals surface area contributed by atoms with Crippen molar-refractivity contribution in [2.24, 2.45) is 0 Å². The van der Waals surface area contributed by atoms with E-state index in [2.05, 4.69) is 4.98 Å². The van der Waals surface area contributed by atoms with Crippen molar-refractivity contribution >= 4 is 45.8 Å². The largest absolute Gasteiger partial charge is 0.327 e. The summed E-state index contributed by atoms with van der Waals surface area (Å²) < 4.78 is 14.9. The van der Waals surface area contributed by atoms with Crippen LogP contribution in [0.15, 0.2) is 67.0 Å². The number of halogens is 3. The monoisotopic (exact) mass is 426 g/mol. The first-order valence-electron chi connectivity index (χ1n) is 8.67. The lowest BCUT2D eigenvalue weighted by Crippen LogP contribution is -2.15. The molecule has 2 aromatic heterocycles. The molecular weight excluding hydrogens is 414 g/mol. The number of fused-ring (bicyclic) bond motifs is 1. The summed E-state index contributed by atoms with van der Waals surface area (Å²) in [6.45, 7) is 0.363. The van der Waals surface area contributed by atoms with Crippen LogP contribution in [0.1, 0.15) is 26.3 Å². The van der Waals surface area contributed by atoms with Crippen LogP contribution in [-0.4, -0.2) is 21.1 Å². The third-order valence-corrected chi connectivity index (χ3v) is 5.17. The molecule has 4 nitrogen and oxygen atoms in total. The Bertz CT molecular complexity index is 1230. The number of Topliss-reactive ketones (excluding diaryl/α,β-unsaturated/α-hetero) is 2. The molecule has 0 amide bonds. The Morgan fingerprint density at radius 3 is 2.31 bits per heavy atom. The Labute approximate surface area is 175 Å².